The number of β-amino-alcohol motifs (C(OH)–C–C–N with tert-alkyl or cyclic N) is 1. The minimum atomic E-state index is -0.134. The van der Waals surface area contributed by atoms with Crippen LogP contribution >= 0.6 is 0 Å². The molecule has 1 aliphatic heterocycles. The maximum Gasteiger partial charge on any atom is 0.234 e. The summed E-state index contributed by atoms with van der Waals surface area (Å²) in [5.41, 5.74) is 2.76. The average molecular weight is 381 g/mol. The van der Waals surface area contributed by atoms with E-state index in [9.17, 15) is 9.59 Å². The Balaban J connectivity index is 1.43. The number of hydrogen-bond donors (Lipinski definition) is 2. The second-order valence-electron chi connectivity index (χ2n) is 6.98. The molecule has 6 nitrogen and oxygen atoms in total. The molecular formula is C22H27N3O3. The molecule has 0 spiro atoms. The fraction of sp³-hybridized carbons (Fsp3) is 0.364. The zero-order valence-electron chi connectivity index (χ0n) is 16.0. The first-order valence-electron chi connectivity index (χ1n) is 9.66. The van der Waals surface area contributed by atoms with Gasteiger partial charge in [0.1, 0.15) is 0 Å². The first kappa shape index (κ1) is 20.2. The topological polar surface area (TPSA) is 72.9 Å². The van der Waals surface area contributed by atoms with Gasteiger partial charge in [0.2, 0.25) is 5.91 Å². The molecule has 1 heterocycles. The van der Waals surface area contributed by atoms with Gasteiger partial charge in [-0.3, -0.25) is 19.4 Å². The third kappa shape index (κ3) is 5.73. The summed E-state index contributed by atoms with van der Waals surface area (Å²) in [6.45, 7) is 4.43. The normalized spacial score (nSPS) is 15.3. The van der Waals surface area contributed by atoms with Crippen molar-refractivity contribution in [3.63, 3.8) is 0 Å². The summed E-state index contributed by atoms with van der Waals surface area (Å²) < 4.78 is 0. The number of ketones is 1. The van der Waals surface area contributed by atoms with Gasteiger partial charge >= 0.3 is 0 Å². The maximum atomic E-state index is 12.3. The summed E-state index contributed by atoms with van der Waals surface area (Å²) in [5, 5.41) is 11.7. The Morgan fingerprint density at radius 1 is 0.857 bits per heavy atom. The van der Waals surface area contributed by atoms with Crippen LogP contribution in [-0.4, -0.2) is 79.0 Å². The van der Waals surface area contributed by atoms with Crippen LogP contribution in [0, 0.1) is 0 Å². The molecule has 1 aliphatic rings. The van der Waals surface area contributed by atoms with Gasteiger partial charge in [-0.2, -0.15) is 0 Å². The van der Waals surface area contributed by atoms with Crippen molar-refractivity contribution in [2.45, 2.75) is 0 Å². The average Bonchev–Trinajstić information content (AvgIpc) is 2.74. The molecule has 28 heavy (non-hydrogen) atoms. The zero-order valence-corrected chi connectivity index (χ0v) is 16.0. The predicted molar refractivity (Wildman–Crippen MR) is 109 cm³/mol. The lowest BCUT2D eigenvalue weighted by Crippen LogP contribution is -2.50. The van der Waals surface area contributed by atoms with Gasteiger partial charge in [0.05, 0.1) is 19.7 Å². The lowest BCUT2D eigenvalue weighted by molar-refractivity contribution is -0.122. The predicted octanol–water partition coefficient (Wildman–Crippen LogP) is 1.26. The van der Waals surface area contributed by atoms with Crippen molar-refractivity contribution in [3.8, 4) is 11.1 Å². The van der Waals surface area contributed by atoms with E-state index in [1.807, 2.05) is 42.5 Å². The van der Waals surface area contributed by atoms with Crippen molar-refractivity contribution in [1.29, 1.82) is 0 Å². The van der Waals surface area contributed by atoms with Crippen LogP contribution in [0.4, 0.5) is 0 Å². The van der Waals surface area contributed by atoms with Crippen LogP contribution in [0.3, 0.4) is 0 Å². The lowest BCUT2D eigenvalue weighted by atomic mass is 10.0. The smallest absolute Gasteiger partial charge is 0.234 e. The Bertz CT molecular complexity index is 769. The third-order valence-corrected chi connectivity index (χ3v) is 5.01. The summed E-state index contributed by atoms with van der Waals surface area (Å²) in [7, 11) is 0. The first-order valence-corrected chi connectivity index (χ1v) is 9.66. The minimum Gasteiger partial charge on any atom is -0.395 e. The molecule has 0 saturated carbocycles. The molecule has 0 aliphatic carbocycles. The van der Waals surface area contributed by atoms with Gasteiger partial charge in [0.25, 0.3) is 0 Å². The van der Waals surface area contributed by atoms with Crippen LogP contribution in [0.2, 0.25) is 0 Å². The van der Waals surface area contributed by atoms with Gasteiger partial charge in [-0.15, -0.1) is 0 Å². The molecular weight excluding hydrogens is 354 g/mol. The number of hydrogen-bond acceptors (Lipinski definition) is 5. The molecule has 2 N–H and O–H groups in total. The Kier molecular flexibility index (Phi) is 7.31. The highest BCUT2D eigenvalue weighted by Gasteiger charge is 2.18. The Morgan fingerprint density at radius 3 is 2.11 bits per heavy atom. The van der Waals surface area contributed by atoms with E-state index in [2.05, 4.69) is 15.1 Å². The van der Waals surface area contributed by atoms with E-state index in [4.69, 9.17) is 5.11 Å². The van der Waals surface area contributed by atoms with E-state index in [-0.39, 0.29) is 24.8 Å². The molecule has 0 unspecified atom stereocenters. The van der Waals surface area contributed by atoms with Crippen molar-refractivity contribution < 1.29 is 14.7 Å². The van der Waals surface area contributed by atoms with E-state index < -0.39 is 0 Å². The van der Waals surface area contributed by atoms with E-state index in [1.54, 1.807) is 12.1 Å². The van der Waals surface area contributed by atoms with Gasteiger partial charge < -0.3 is 10.4 Å². The van der Waals surface area contributed by atoms with Crippen LogP contribution in [0.25, 0.3) is 11.1 Å². The largest absolute Gasteiger partial charge is 0.395 e. The van der Waals surface area contributed by atoms with Crippen LogP contribution in [-0.2, 0) is 4.79 Å². The molecule has 148 valence electrons. The number of nitrogens with zero attached hydrogens (tertiary/aromatic N) is 2. The molecule has 6 heteroatoms. The summed E-state index contributed by atoms with van der Waals surface area (Å²) >= 11 is 0. The van der Waals surface area contributed by atoms with Crippen LogP contribution in [0.15, 0.2) is 54.6 Å². The Hall–Kier alpha value is -2.54. The second-order valence-corrected chi connectivity index (χ2v) is 6.98. The number of carbonyl (C=O) groups is 2. The number of rotatable bonds is 8. The number of amides is 1. The lowest BCUT2D eigenvalue weighted by Gasteiger charge is -2.33. The molecule has 0 radical (unpaired) electrons. The van der Waals surface area contributed by atoms with E-state index in [0.717, 1.165) is 37.3 Å². The number of aliphatic hydroxyl groups excluding tert-OH is 1. The molecule has 2 aromatic rings. The summed E-state index contributed by atoms with van der Waals surface area (Å²) in [6.07, 6.45) is 0. The Morgan fingerprint density at radius 2 is 1.46 bits per heavy atom. The molecule has 3 rings (SSSR count). The van der Waals surface area contributed by atoms with Crippen molar-refractivity contribution in [2.75, 3.05) is 52.4 Å². The van der Waals surface area contributed by atoms with E-state index >= 15 is 0 Å². The van der Waals surface area contributed by atoms with Crippen LogP contribution < -0.4 is 5.32 Å². The minimum absolute atomic E-state index is 0.00793. The first-order chi connectivity index (χ1) is 13.7. The zero-order chi connectivity index (χ0) is 19.8. The van der Waals surface area contributed by atoms with Gasteiger partial charge in [0.15, 0.2) is 5.78 Å². The van der Waals surface area contributed by atoms with Gasteiger partial charge in [-0.1, -0.05) is 54.6 Å². The van der Waals surface area contributed by atoms with Crippen molar-refractivity contribution in [3.05, 3.63) is 60.2 Å². The van der Waals surface area contributed by atoms with Crippen LogP contribution in [0.1, 0.15) is 10.4 Å². The molecule has 2 aromatic carbocycles. The fourth-order valence-electron chi connectivity index (χ4n) is 3.33. The molecule has 0 bridgehead atoms. The highest BCUT2D eigenvalue weighted by Crippen LogP contribution is 2.19. The van der Waals surface area contributed by atoms with Crippen molar-refractivity contribution in [1.82, 2.24) is 15.1 Å². The molecule has 1 saturated heterocycles. The third-order valence-electron chi connectivity index (χ3n) is 5.01. The highest BCUT2D eigenvalue weighted by molar-refractivity contribution is 5.99. The van der Waals surface area contributed by atoms with Gasteiger partial charge in [-0.05, 0) is 11.1 Å². The number of carbonyl (C=O) groups excluding carboxylic acids is 2. The molecule has 1 fully saturated rings. The molecule has 0 aromatic heterocycles. The number of piperazine rings is 1. The van der Waals surface area contributed by atoms with E-state index in [1.165, 1.54) is 0 Å². The number of Topliss-reactive ketones (excluding diaryl/α,β-unsaturated/α-hetero) is 1. The second kappa shape index (κ2) is 10.1. The quantitative estimate of drug-likeness (QED) is 0.674. The monoisotopic (exact) mass is 381 g/mol. The van der Waals surface area contributed by atoms with E-state index in [0.29, 0.717) is 18.7 Å². The van der Waals surface area contributed by atoms with Crippen LogP contribution in [0.5, 0.6) is 0 Å². The standard InChI is InChI=1S/C22H27N3O3/c26-15-14-24-10-12-25(13-11-24)17-22(28)23-16-21(27)20-8-6-19(7-9-20)18-4-2-1-3-5-18/h1-9,26H,10-17H2,(H,23,28). The Labute approximate surface area is 165 Å². The highest BCUT2D eigenvalue weighted by atomic mass is 16.3. The molecule has 0 atom stereocenters. The van der Waals surface area contributed by atoms with Crippen molar-refractivity contribution >= 4 is 11.7 Å². The van der Waals surface area contributed by atoms with Gasteiger partial charge in [0, 0.05) is 38.3 Å². The number of aliphatic hydroxyl groups is 1. The fourth-order valence-corrected chi connectivity index (χ4v) is 3.33. The maximum absolute atomic E-state index is 12.3. The number of benzene rings is 2. The van der Waals surface area contributed by atoms with Gasteiger partial charge in [-0.25, -0.2) is 0 Å². The summed E-state index contributed by atoms with van der Waals surface area (Å²) in [6, 6.07) is 17.5. The van der Waals surface area contributed by atoms with Crippen molar-refractivity contribution in [2.24, 2.45) is 0 Å². The summed E-state index contributed by atoms with van der Waals surface area (Å²) in [4.78, 5) is 28.7. The SMILES string of the molecule is O=C(CN1CCN(CCO)CC1)NCC(=O)c1ccc(-c2ccccc2)cc1. The number of nitrogens with one attached hydrogen (secondary N) is 1. The summed E-state index contributed by atoms with van der Waals surface area (Å²) in [5.74, 6) is -0.231. The molecule has 1 amide bonds.